The largest absolute Gasteiger partial charge is 0.423 e. The molecule has 0 spiro atoms. The van der Waals surface area contributed by atoms with E-state index in [0.717, 1.165) is 0 Å². The van der Waals surface area contributed by atoms with Gasteiger partial charge < -0.3 is 4.52 Å². The molecule has 0 unspecified atom stereocenters. The Kier molecular flexibility index (Phi) is 4.91. The number of nitro groups is 1. The lowest BCUT2D eigenvalue weighted by atomic mass is 10.3. The second kappa shape index (κ2) is 5.77. The van der Waals surface area contributed by atoms with E-state index in [2.05, 4.69) is 8.15 Å². The number of halogens is 2. The molecule has 16 heavy (non-hydrogen) atoms. The molecule has 0 bridgehead atoms. The van der Waals surface area contributed by atoms with Crippen molar-refractivity contribution in [1.82, 2.24) is 0 Å². The van der Waals surface area contributed by atoms with Crippen LogP contribution < -0.4 is 4.52 Å². The molecule has 0 N–H and O–H groups in total. The van der Waals surface area contributed by atoms with E-state index in [1.54, 1.807) is 0 Å². The molecular weight excluding hydrogens is 300 g/mol. The standard InChI is InChI=1S/C6H4Cl2NO5PS/c7-13-15(16,14-8)12-6-3-1-5(2-4-6)9(10)11/h1-4H. The van der Waals surface area contributed by atoms with Gasteiger partial charge in [-0.1, -0.05) is 0 Å². The van der Waals surface area contributed by atoms with Crippen LogP contribution in [0.4, 0.5) is 5.69 Å². The maximum Gasteiger partial charge on any atom is 0.414 e. The monoisotopic (exact) mass is 303 g/mol. The Bertz CT molecular complexity index is 419. The summed E-state index contributed by atoms with van der Waals surface area (Å²) in [5, 5.41) is 10.4. The molecule has 0 aliphatic carbocycles. The van der Waals surface area contributed by atoms with Crippen LogP contribution in [0, 0.1) is 10.1 Å². The first-order valence-corrected chi connectivity index (χ1v) is 6.83. The van der Waals surface area contributed by atoms with E-state index in [9.17, 15) is 10.1 Å². The van der Waals surface area contributed by atoms with Crippen molar-refractivity contribution in [2.75, 3.05) is 0 Å². The third-order valence-corrected chi connectivity index (χ3v) is 4.46. The predicted octanol–water partition coefficient (Wildman–Crippen LogP) is 3.54. The number of rotatable bonds is 5. The van der Waals surface area contributed by atoms with Crippen LogP contribution in [-0.2, 0) is 20.0 Å². The van der Waals surface area contributed by atoms with Crippen molar-refractivity contribution < 1.29 is 17.6 Å². The SMILES string of the molecule is O=[N+]([O-])c1ccc(OP(=S)(OCl)OCl)cc1. The third-order valence-electron chi connectivity index (χ3n) is 1.43. The molecule has 88 valence electrons. The van der Waals surface area contributed by atoms with Crippen LogP contribution >= 0.6 is 30.5 Å². The van der Waals surface area contributed by atoms with Gasteiger partial charge in [0.15, 0.2) is 0 Å². The Hall–Kier alpha value is -0.430. The zero-order valence-electron chi connectivity index (χ0n) is 7.41. The molecule has 0 aliphatic heterocycles. The lowest BCUT2D eigenvalue weighted by molar-refractivity contribution is -0.384. The molecule has 0 fully saturated rings. The Morgan fingerprint density at radius 1 is 1.25 bits per heavy atom. The molecule has 1 rings (SSSR count). The summed E-state index contributed by atoms with van der Waals surface area (Å²) >= 11 is 14.8. The molecule has 0 aliphatic rings. The maximum atomic E-state index is 10.4. The van der Waals surface area contributed by atoms with Gasteiger partial charge in [0.05, 0.1) is 28.7 Å². The van der Waals surface area contributed by atoms with Crippen LogP contribution in [0.15, 0.2) is 24.3 Å². The first kappa shape index (κ1) is 13.6. The van der Waals surface area contributed by atoms with Gasteiger partial charge in [0.1, 0.15) is 5.75 Å². The van der Waals surface area contributed by atoms with E-state index in [1.807, 2.05) is 0 Å². The maximum absolute atomic E-state index is 10.4. The van der Waals surface area contributed by atoms with Crippen LogP contribution in [0.3, 0.4) is 0 Å². The van der Waals surface area contributed by atoms with Gasteiger partial charge >= 0.3 is 6.72 Å². The van der Waals surface area contributed by atoms with E-state index in [1.165, 1.54) is 24.3 Å². The Labute approximate surface area is 106 Å². The quantitative estimate of drug-likeness (QED) is 0.471. The van der Waals surface area contributed by atoms with Gasteiger partial charge in [-0.15, -0.1) is 0 Å². The zero-order valence-corrected chi connectivity index (χ0v) is 10.6. The van der Waals surface area contributed by atoms with Crippen LogP contribution in [0.1, 0.15) is 0 Å². The van der Waals surface area contributed by atoms with Crippen LogP contribution in [0.25, 0.3) is 0 Å². The number of non-ortho nitro benzene ring substituents is 1. The van der Waals surface area contributed by atoms with Gasteiger partial charge in [0.2, 0.25) is 0 Å². The molecule has 1 aromatic carbocycles. The van der Waals surface area contributed by atoms with E-state index >= 15 is 0 Å². The summed E-state index contributed by atoms with van der Waals surface area (Å²) < 4.78 is 13.5. The predicted molar refractivity (Wildman–Crippen MR) is 61.9 cm³/mol. The van der Waals surface area contributed by atoms with Crippen molar-refractivity contribution in [1.29, 1.82) is 0 Å². The molecule has 0 atom stereocenters. The highest BCUT2D eigenvalue weighted by Gasteiger charge is 2.22. The smallest absolute Gasteiger partial charge is 0.414 e. The molecule has 0 radical (unpaired) electrons. The molecule has 0 heterocycles. The normalized spacial score (nSPS) is 11.1. The fourth-order valence-corrected chi connectivity index (χ4v) is 1.94. The number of nitrogens with zero attached hydrogens (tertiary/aromatic N) is 1. The number of benzene rings is 1. The van der Waals surface area contributed by atoms with E-state index in [4.69, 9.17) is 40.1 Å². The van der Waals surface area contributed by atoms with Crippen molar-refractivity contribution >= 4 is 47.9 Å². The number of hydrogen-bond acceptors (Lipinski definition) is 6. The van der Waals surface area contributed by atoms with Crippen molar-refractivity contribution in [2.45, 2.75) is 0 Å². The van der Waals surface area contributed by atoms with Gasteiger partial charge in [0.25, 0.3) is 5.69 Å². The van der Waals surface area contributed by atoms with E-state index in [-0.39, 0.29) is 11.4 Å². The second-order valence-corrected chi connectivity index (χ2v) is 5.95. The van der Waals surface area contributed by atoms with Gasteiger partial charge in [-0.2, -0.15) is 8.15 Å². The highest BCUT2D eigenvalue weighted by Crippen LogP contribution is 2.52. The van der Waals surface area contributed by atoms with Gasteiger partial charge in [-0.25, -0.2) is 0 Å². The lowest BCUT2D eigenvalue weighted by Gasteiger charge is -2.13. The minimum absolute atomic E-state index is 0.0840. The molecule has 10 heteroatoms. The molecule has 0 saturated carbocycles. The first-order chi connectivity index (χ1) is 7.50. The van der Waals surface area contributed by atoms with Gasteiger partial charge in [-0.05, 0) is 12.1 Å². The van der Waals surface area contributed by atoms with Crippen molar-refractivity contribution in [2.24, 2.45) is 0 Å². The minimum Gasteiger partial charge on any atom is -0.423 e. The Balaban J connectivity index is 2.83. The van der Waals surface area contributed by atoms with E-state index < -0.39 is 11.6 Å². The first-order valence-electron chi connectivity index (χ1n) is 3.65. The summed E-state index contributed by atoms with van der Waals surface area (Å²) in [6.07, 6.45) is 0. The van der Waals surface area contributed by atoms with Gasteiger partial charge in [-0.3, -0.25) is 10.1 Å². The summed E-state index contributed by atoms with van der Waals surface area (Å²) in [4.78, 5) is 9.82. The summed E-state index contributed by atoms with van der Waals surface area (Å²) in [6, 6.07) is 5.12. The van der Waals surface area contributed by atoms with Crippen molar-refractivity contribution in [3.05, 3.63) is 34.4 Å². The molecule has 6 nitrogen and oxygen atoms in total. The van der Waals surface area contributed by atoms with Gasteiger partial charge in [0, 0.05) is 23.9 Å². The second-order valence-electron chi connectivity index (χ2n) is 2.43. The van der Waals surface area contributed by atoms with Crippen LogP contribution in [0.5, 0.6) is 5.75 Å². The third kappa shape index (κ3) is 3.55. The van der Waals surface area contributed by atoms with Crippen molar-refractivity contribution in [3.63, 3.8) is 0 Å². The van der Waals surface area contributed by atoms with Crippen LogP contribution in [-0.4, -0.2) is 4.92 Å². The molecule has 0 saturated heterocycles. The highest BCUT2D eigenvalue weighted by atomic mass is 35.5. The fraction of sp³-hybridized carbons (Fsp3) is 0. The van der Waals surface area contributed by atoms with Crippen molar-refractivity contribution in [3.8, 4) is 5.75 Å². The molecule has 0 aromatic heterocycles. The Morgan fingerprint density at radius 3 is 2.12 bits per heavy atom. The highest BCUT2D eigenvalue weighted by molar-refractivity contribution is 8.08. The number of nitro benzene ring substituents is 1. The molecule has 1 aromatic rings. The average molecular weight is 304 g/mol. The summed E-state index contributed by atoms with van der Waals surface area (Å²) in [6.45, 7) is -3.25. The lowest BCUT2D eigenvalue weighted by Crippen LogP contribution is -1.93. The topological polar surface area (TPSA) is 70.8 Å². The fourth-order valence-electron chi connectivity index (χ4n) is 0.797. The molecular formula is C6H4Cl2NO5PS. The average Bonchev–Trinajstić information content (AvgIpc) is 2.29. The Morgan fingerprint density at radius 2 is 1.75 bits per heavy atom. The zero-order chi connectivity index (χ0) is 12.2. The van der Waals surface area contributed by atoms with Crippen LogP contribution in [0.2, 0.25) is 0 Å². The number of hydrogen-bond donors (Lipinski definition) is 0. The minimum atomic E-state index is -3.25. The summed E-state index contributed by atoms with van der Waals surface area (Å²) in [5.41, 5.74) is -0.0840. The van der Waals surface area contributed by atoms with E-state index in [0.29, 0.717) is 0 Å². The summed E-state index contributed by atoms with van der Waals surface area (Å²) in [5.74, 6) is 0.204. The molecule has 0 amide bonds. The summed E-state index contributed by atoms with van der Waals surface area (Å²) in [7, 11) is 0.